The third kappa shape index (κ3) is 5.40. The van der Waals surface area contributed by atoms with Crippen LogP contribution in [0.4, 0.5) is 0 Å². The molecule has 4 aromatic rings. The highest BCUT2D eigenvalue weighted by Crippen LogP contribution is 2.41. The standard InChI is InChI=1S/C32H34O4/c1-21(35)25-13-15-29-27(19-25)11-9-23(7-3-5-17-33)31(29)32-24(8-4-6-18-34)10-12-28-20-26(22(2)36)14-16-30(28)32/h9-16,19-20,33-34H,3-8,17-18H2,1-2H3. The molecule has 0 radical (unpaired) electrons. The summed E-state index contributed by atoms with van der Waals surface area (Å²) < 4.78 is 0. The molecule has 0 atom stereocenters. The lowest BCUT2D eigenvalue weighted by atomic mass is 9.84. The molecule has 0 aliphatic rings. The minimum absolute atomic E-state index is 0.0390. The fourth-order valence-electron chi connectivity index (χ4n) is 5.05. The van der Waals surface area contributed by atoms with Crippen molar-refractivity contribution in [3.05, 3.63) is 82.9 Å². The van der Waals surface area contributed by atoms with E-state index in [1.165, 1.54) is 11.1 Å². The van der Waals surface area contributed by atoms with Crippen molar-refractivity contribution in [2.24, 2.45) is 0 Å². The number of hydrogen-bond acceptors (Lipinski definition) is 4. The van der Waals surface area contributed by atoms with Crippen molar-refractivity contribution in [1.29, 1.82) is 0 Å². The number of carbonyl (C=O) groups is 2. The van der Waals surface area contributed by atoms with E-state index in [1.807, 2.05) is 24.3 Å². The molecule has 4 heteroatoms. The van der Waals surface area contributed by atoms with Crippen molar-refractivity contribution in [1.82, 2.24) is 0 Å². The van der Waals surface area contributed by atoms with Crippen molar-refractivity contribution < 1.29 is 19.8 Å². The van der Waals surface area contributed by atoms with Crippen LogP contribution in [0, 0.1) is 0 Å². The molecule has 0 saturated carbocycles. The normalized spacial score (nSPS) is 11.3. The van der Waals surface area contributed by atoms with E-state index in [2.05, 4.69) is 36.4 Å². The van der Waals surface area contributed by atoms with E-state index < -0.39 is 0 Å². The van der Waals surface area contributed by atoms with Gasteiger partial charge in [0, 0.05) is 24.3 Å². The van der Waals surface area contributed by atoms with E-state index in [0.29, 0.717) is 11.1 Å². The molecule has 0 aromatic heterocycles. The van der Waals surface area contributed by atoms with Crippen molar-refractivity contribution >= 4 is 33.1 Å². The highest BCUT2D eigenvalue weighted by Gasteiger charge is 2.18. The Bertz CT molecular complexity index is 1310. The molecule has 0 heterocycles. The predicted molar refractivity (Wildman–Crippen MR) is 147 cm³/mol. The van der Waals surface area contributed by atoms with E-state index in [9.17, 15) is 19.8 Å². The second-order valence-electron chi connectivity index (χ2n) is 9.55. The van der Waals surface area contributed by atoms with Gasteiger partial charge in [-0.3, -0.25) is 9.59 Å². The molecule has 0 bridgehead atoms. The summed E-state index contributed by atoms with van der Waals surface area (Å²) >= 11 is 0. The van der Waals surface area contributed by atoms with E-state index in [0.717, 1.165) is 71.2 Å². The van der Waals surface area contributed by atoms with Gasteiger partial charge in [-0.25, -0.2) is 0 Å². The minimum atomic E-state index is 0.0390. The molecular weight excluding hydrogens is 448 g/mol. The second-order valence-corrected chi connectivity index (χ2v) is 9.55. The number of fused-ring (bicyclic) bond motifs is 2. The maximum absolute atomic E-state index is 12.1. The van der Waals surface area contributed by atoms with Gasteiger partial charge in [-0.15, -0.1) is 0 Å². The number of aryl methyl sites for hydroxylation is 2. The van der Waals surface area contributed by atoms with Crippen LogP contribution < -0.4 is 0 Å². The van der Waals surface area contributed by atoms with Crippen molar-refractivity contribution in [3.63, 3.8) is 0 Å². The molecule has 0 saturated heterocycles. The Morgan fingerprint density at radius 3 is 1.36 bits per heavy atom. The van der Waals surface area contributed by atoms with Gasteiger partial charge in [0.2, 0.25) is 0 Å². The quantitative estimate of drug-likeness (QED) is 0.184. The Labute approximate surface area is 212 Å². The maximum Gasteiger partial charge on any atom is 0.159 e. The smallest absolute Gasteiger partial charge is 0.159 e. The van der Waals surface area contributed by atoms with Gasteiger partial charge in [0.25, 0.3) is 0 Å². The Morgan fingerprint density at radius 1 is 0.583 bits per heavy atom. The van der Waals surface area contributed by atoms with Gasteiger partial charge in [0.05, 0.1) is 0 Å². The molecule has 0 spiro atoms. The highest BCUT2D eigenvalue weighted by molar-refractivity contribution is 6.10. The van der Waals surface area contributed by atoms with Gasteiger partial charge in [-0.2, -0.15) is 0 Å². The summed E-state index contributed by atoms with van der Waals surface area (Å²) in [5.41, 5.74) is 6.10. The summed E-state index contributed by atoms with van der Waals surface area (Å²) in [6.45, 7) is 3.50. The number of aliphatic hydroxyl groups is 2. The van der Waals surface area contributed by atoms with Crippen molar-refractivity contribution in [3.8, 4) is 11.1 Å². The molecular formula is C32H34O4. The van der Waals surface area contributed by atoms with Crippen LogP contribution in [0.1, 0.15) is 71.4 Å². The fourth-order valence-corrected chi connectivity index (χ4v) is 5.05. The molecule has 0 aliphatic heterocycles. The first-order valence-corrected chi connectivity index (χ1v) is 12.8. The van der Waals surface area contributed by atoms with E-state index in [1.54, 1.807) is 13.8 Å². The number of aliphatic hydroxyl groups excluding tert-OH is 2. The van der Waals surface area contributed by atoms with Crippen LogP contribution in [-0.2, 0) is 12.8 Å². The average molecular weight is 483 g/mol. The SMILES string of the molecule is CC(=O)c1ccc2c(-c3c(CCCCO)ccc4cc(C(C)=O)ccc34)c(CCCCO)ccc2c1. The number of ketones is 2. The zero-order valence-electron chi connectivity index (χ0n) is 21.1. The molecule has 4 aromatic carbocycles. The summed E-state index contributed by atoms with van der Waals surface area (Å²) in [5, 5.41) is 23.0. The highest BCUT2D eigenvalue weighted by atomic mass is 16.3. The monoisotopic (exact) mass is 482 g/mol. The van der Waals surface area contributed by atoms with E-state index in [-0.39, 0.29) is 24.8 Å². The van der Waals surface area contributed by atoms with Crippen LogP contribution in [-0.4, -0.2) is 35.0 Å². The second kappa shape index (κ2) is 11.6. The third-order valence-corrected chi connectivity index (χ3v) is 6.98. The number of carbonyl (C=O) groups excluding carboxylic acids is 2. The fraction of sp³-hybridized carbons (Fsp3) is 0.312. The number of unbranched alkanes of at least 4 members (excludes halogenated alkanes) is 2. The molecule has 4 nitrogen and oxygen atoms in total. The summed E-state index contributed by atoms with van der Waals surface area (Å²) in [5.74, 6) is 0.0779. The zero-order valence-corrected chi connectivity index (χ0v) is 21.1. The van der Waals surface area contributed by atoms with Crippen LogP contribution in [0.5, 0.6) is 0 Å². The van der Waals surface area contributed by atoms with Gasteiger partial charge < -0.3 is 10.2 Å². The first-order valence-electron chi connectivity index (χ1n) is 12.8. The molecule has 4 rings (SSSR count). The Morgan fingerprint density at radius 2 is 1.00 bits per heavy atom. The number of Topliss-reactive ketones (excluding diaryl/α,β-unsaturated/α-hetero) is 2. The van der Waals surface area contributed by atoms with Crippen molar-refractivity contribution in [2.75, 3.05) is 13.2 Å². The van der Waals surface area contributed by atoms with Gasteiger partial charge >= 0.3 is 0 Å². The average Bonchev–Trinajstić information content (AvgIpc) is 2.88. The summed E-state index contributed by atoms with van der Waals surface area (Å²) in [4.78, 5) is 24.2. The first kappa shape index (κ1) is 25.7. The summed E-state index contributed by atoms with van der Waals surface area (Å²) in [6.07, 6.45) is 4.89. The molecule has 0 aliphatic carbocycles. The molecule has 0 amide bonds. The number of hydrogen-bond donors (Lipinski definition) is 2. The first-order chi connectivity index (χ1) is 17.4. The van der Waals surface area contributed by atoms with Crippen LogP contribution >= 0.6 is 0 Å². The van der Waals surface area contributed by atoms with Gasteiger partial charge in [-0.1, -0.05) is 48.5 Å². The van der Waals surface area contributed by atoms with Crippen LogP contribution in [0.2, 0.25) is 0 Å². The molecule has 2 N–H and O–H groups in total. The summed E-state index contributed by atoms with van der Waals surface area (Å²) in [7, 11) is 0. The van der Waals surface area contributed by atoms with E-state index >= 15 is 0 Å². The van der Waals surface area contributed by atoms with E-state index in [4.69, 9.17) is 0 Å². The largest absolute Gasteiger partial charge is 0.396 e. The Balaban J connectivity index is 2.03. The molecule has 0 fully saturated rings. The zero-order chi connectivity index (χ0) is 25.7. The predicted octanol–water partition coefficient (Wildman–Crippen LogP) is 6.70. The minimum Gasteiger partial charge on any atom is -0.396 e. The van der Waals surface area contributed by atoms with Crippen molar-refractivity contribution in [2.45, 2.75) is 52.4 Å². The lowest BCUT2D eigenvalue weighted by Crippen LogP contribution is -2.01. The molecule has 0 unspecified atom stereocenters. The topological polar surface area (TPSA) is 74.6 Å². The third-order valence-electron chi connectivity index (χ3n) is 6.98. The number of rotatable bonds is 11. The maximum atomic E-state index is 12.1. The van der Waals surface area contributed by atoms with Gasteiger partial charge in [-0.05, 0) is 108 Å². The number of benzene rings is 4. The Kier molecular flexibility index (Phi) is 8.29. The lowest BCUT2D eigenvalue weighted by molar-refractivity contribution is 0.100. The lowest BCUT2D eigenvalue weighted by Gasteiger charge is -2.20. The van der Waals surface area contributed by atoms with Gasteiger partial charge in [0.1, 0.15) is 0 Å². The van der Waals surface area contributed by atoms with Crippen LogP contribution in [0.25, 0.3) is 32.7 Å². The molecule has 186 valence electrons. The Hall–Kier alpha value is -3.34. The van der Waals surface area contributed by atoms with Crippen LogP contribution in [0.3, 0.4) is 0 Å². The van der Waals surface area contributed by atoms with Crippen LogP contribution in [0.15, 0.2) is 60.7 Å². The summed E-state index contributed by atoms with van der Waals surface area (Å²) in [6, 6.07) is 20.3. The van der Waals surface area contributed by atoms with Gasteiger partial charge in [0.15, 0.2) is 11.6 Å². The molecule has 36 heavy (non-hydrogen) atoms.